The van der Waals surface area contributed by atoms with E-state index < -0.39 is 0 Å². The molecule has 2 rings (SSSR count). The van der Waals surface area contributed by atoms with Crippen LogP contribution >= 0.6 is 0 Å². The molecule has 0 saturated heterocycles. The second-order valence-corrected chi connectivity index (χ2v) is 6.21. The topological polar surface area (TPSA) is 41.5 Å². The van der Waals surface area contributed by atoms with Crippen LogP contribution < -0.4 is 10.1 Å². The summed E-state index contributed by atoms with van der Waals surface area (Å²) < 4.78 is 5.38. The number of aliphatic hydroxyl groups is 1. The van der Waals surface area contributed by atoms with Crippen molar-refractivity contribution in [1.29, 1.82) is 0 Å². The predicted molar refractivity (Wildman–Crippen MR) is 77.5 cm³/mol. The van der Waals surface area contributed by atoms with Crippen LogP contribution in [-0.4, -0.2) is 30.4 Å². The summed E-state index contributed by atoms with van der Waals surface area (Å²) in [5, 5.41) is 13.4. The highest BCUT2D eigenvalue weighted by Gasteiger charge is 2.47. The maximum atomic E-state index is 9.77. The zero-order valence-corrected chi connectivity index (χ0v) is 12.3. The van der Waals surface area contributed by atoms with E-state index in [-0.39, 0.29) is 11.5 Å². The summed E-state index contributed by atoms with van der Waals surface area (Å²) in [5.74, 6) is 0.948. The lowest BCUT2D eigenvalue weighted by Crippen LogP contribution is -2.61. The van der Waals surface area contributed by atoms with Crippen LogP contribution in [0.15, 0.2) is 24.3 Å². The lowest BCUT2D eigenvalue weighted by Gasteiger charge is -2.50. The molecule has 3 nitrogen and oxygen atoms in total. The maximum absolute atomic E-state index is 9.77. The Kier molecular flexibility index (Phi) is 4.16. The number of aliphatic hydroxyl groups excluding tert-OH is 1. The van der Waals surface area contributed by atoms with Gasteiger partial charge in [-0.25, -0.2) is 0 Å². The highest BCUT2D eigenvalue weighted by molar-refractivity contribution is 5.33. The molecule has 0 aromatic heterocycles. The summed E-state index contributed by atoms with van der Waals surface area (Å²) in [5.41, 5.74) is 1.21. The van der Waals surface area contributed by atoms with Crippen LogP contribution in [0.25, 0.3) is 0 Å². The van der Waals surface area contributed by atoms with Crippen LogP contribution in [0.5, 0.6) is 5.75 Å². The molecule has 19 heavy (non-hydrogen) atoms. The number of benzene rings is 1. The van der Waals surface area contributed by atoms with E-state index in [0.717, 1.165) is 18.6 Å². The van der Waals surface area contributed by atoms with E-state index in [0.29, 0.717) is 12.1 Å². The van der Waals surface area contributed by atoms with Gasteiger partial charge in [-0.2, -0.15) is 0 Å². The fraction of sp³-hybridized carbons (Fsp3) is 0.625. The summed E-state index contributed by atoms with van der Waals surface area (Å²) in [4.78, 5) is 0. The molecule has 0 spiro atoms. The van der Waals surface area contributed by atoms with Gasteiger partial charge in [0, 0.05) is 17.5 Å². The first-order valence-corrected chi connectivity index (χ1v) is 7.01. The third-order valence-corrected chi connectivity index (χ3v) is 4.42. The van der Waals surface area contributed by atoms with Crippen molar-refractivity contribution in [3.05, 3.63) is 29.8 Å². The lowest BCUT2D eigenvalue weighted by molar-refractivity contribution is -0.0752. The Morgan fingerprint density at radius 2 is 2.11 bits per heavy atom. The zero-order chi connectivity index (χ0) is 14.0. The summed E-state index contributed by atoms with van der Waals surface area (Å²) in [6, 6.07) is 8.91. The number of rotatable bonds is 5. The molecular formula is C16H25NO2. The van der Waals surface area contributed by atoms with Gasteiger partial charge in [0.25, 0.3) is 0 Å². The Hall–Kier alpha value is -1.06. The standard InChI is InChI=1S/C16H25NO2/c1-11(17-14-10-15(18)16(14,2)3)9-12-7-5-6-8-13(12)19-4/h5-8,11,14-15,17-18H,9-10H2,1-4H3. The van der Waals surface area contributed by atoms with E-state index in [9.17, 15) is 5.11 Å². The van der Waals surface area contributed by atoms with Gasteiger partial charge >= 0.3 is 0 Å². The largest absolute Gasteiger partial charge is 0.496 e. The van der Waals surface area contributed by atoms with Gasteiger partial charge in [-0.3, -0.25) is 0 Å². The van der Waals surface area contributed by atoms with Gasteiger partial charge < -0.3 is 15.2 Å². The average Bonchev–Trinajstić information content (AvgIpc) is 2.39. The van der Waals surface area contributed by atoms with Crippen LogP contribution in [0.1, 0.15) is 32.8 Å². The van der Waals surface area contributed by atoms with Gasteiger partial charge in [-0.1, -0.05) is 32.0 Å². The highest BCUT2D eigenvalue weighted by atomic mass is 16.5. The molecule has 2 N–H and O–H groups in total. The molecule has 3 unspecified atom stereocenters. The van der Waals surface area contributed by atoms with Gasteiger partial charge in [0.05, 0.1) is 13.2 Å². The number of methoxy groups -OCH3 is 1. The number of nitrogens with one attached hydrogen (secondary N) is 1. The number of hydrogen-bond donors (Lipinski definition) is 2. The van der Waals surface area contributed by atoms with E-state index in [2.05, 4.69) is 32.2 Å². The van der Waals surface area contributed by atoms with Crippen molar-refractivity contribution in [3.63, 3.8) is 0 Å². The van der Waals surface area contributed by atoms with E-state index in [1.165, 1.54) is 5.56 Å². The number of para-hydroxylation sites is 1. The first-order chi connectivity index (χ1) is 8.95. The molecule has 0 aliphatic heterocycles. The van der Waals surface area contributed by atoms with E-state index in [1.807, 2.05) is 18.2 Å². The first kappa shape index (κ1) is 14.4. The minimum Gasteiger partial charge on any atom is -0.496 e. The maximum Gasteiger partial charge on any atom is 0.122 e. The third-order valence-electron chi connectivity index (χ3n) is 4.42. The minimum absolute atomic E-state index is 0.0188. The minimum atomic E-state index is -0.177. The van der Waals surface area contributed by atoms with E-state index in [1.54, 1.807) is 7.11 Å². The molecule has 3 heteroatoms. The Labute approximate surface area is 116 Å². The Morgan fingerprint density at radius 3 is 2.68 bits per heavy atom. The molecule has 1 aromatic rings. The van der Waals surface area contributed by atoms with Crippen molar-refractivity contribution in [3.8, 4) is 5.75 Å². The van der Waals surface area contributed by atoms with Gasteiger partial charge in [0.15, 0.2) is 0 Å². The molecule has 1 aromatic carbocycles. The summed E-state index contributed by atoms with van der Waals surface area (Å²) in [6.07, 6.45) is 1.61. The second kappa shape index (κ2) is 5.51. The smallest absolute Gasteiger partial charge is 0.122 e. The SMILES string of the molecule is COc1ccccc1CC(C)NC1CC(O)C1(C)C. The number of hydrogen-bond acceptors (Lipinski definition) is 3. The molecule has 106 valence electrons. The van der Waals surface area contributed by atoms with Gasteiger partial charge in [0.1, 0.15) is 5.75 Å². The summed E-state index contributed by atoms with van der Waals surface area (Å²) in [6.45, 7) is 6.43. The lowest BCUT2D eigenvalue weighted by atomic mass is 9.64. The van der Waals surface area contributed by atoms with Crippen molar-refractivity contribution in [1.82, 2.24) is 5.32 Å². The normalized spacial score (nSPS) is 26.6. The molecule has 0 radical (unpaired) electrons. The molecule has 1 aliphatic rings. The highest BCUT2D eigenvalue weighted by Crippen LogP contribution is 2.40. The fourth-order valence-corrected chi connectivity index (χ4v) is 2.79. The molecular weight excluding hydrogens is 238 g/mol. The van der Waals surface area contributed by atoms with Crippen molar-refractivity contribution in [2.45, 2.75) is 51.8 Å². The molecule has 1 saturated carbocycles. The Bertz CT molecular complexity index is 431. The summed E-state index contributed by atoms with van der Waals surface area (Å²) >= 11 is 0. The van der Waals surface area contributed by atoms with Crippen LogP contribution in [0, 0.1) is 5.41 Å². The van der Waals surface area contributed by atoms with Crippen molar-refractivity contribution in [2.75, 3.05) is 7.11 Å². The van der Waals surface area contributed by atoms with Gasteiger partial charge in [0.2, 0.25) is 0 Å². The van der Waals surface area contributed by atoms with Gasteiger partial charge in [-0.15, -0.1) is 0 Å². The average molecular weight is 263 g/mol. The molecule has 0 amide bonds. The quantitative estimate of drug-likeness (QED) is 0.857. The fourth-order valence-electron chi connectivity index (χ4n) is 2.79. The Balaban J connectivity index is 1.93. The third kappa shape index (κ3) is 2.93. The molecule has 1 aliphatic carbocycles. The van der Waals surface area contributed by atoms with Crippen LogP contribution in [0.4, 0.5) is 0 Å². The van der Waals surface area contributed by atoms with Crippen LogP contribution in [-0.2, 0) is 6.42 Å². The zero-order valence-electron chi connectivity index (χ0n) is 12.3. The molecule has 1 fully saturated rings. The first-order valence-electron chi connectivity index (χ1n) is 7.01. The van der Waals surface area contributed by atoms with Crippen molar-refractivity contribution < 1.29 is 9.84 Å². The Morgan fingerprint density at radius 1 is 1.42 bits per heavy atom. The predicted octanol–water partition coefficient (Wildman–Crippen LogP) is 2.38. The second-order valence-electron chi connectivity index (χ2n) is 6.21. The van der Waals surface area contributed by atoms with Crippen molar-refractivity contribution in [2.24, 2.45) is 5.41 Å². The van der Waals surface area contributed by atoms with Gasteiger partial charge in [-0.05, 0) is 31.4 Å². The molecule has 3 atom stereocenters. The van der Waals surface area contributed by atoms with Crippen LogP contribution in [0.3, 0.4) is 0 Å². The van der Waals surface area contributed by atoms with E-state index >= 15 is 0 Å². The number of ether oxygens (including phenoxy) is 1. The van der Waals surface area contributed by atoms with Crippen LogP contribution in [0.2, 0.25) is 0 Å². The summed E-state index contributed by atoms with van der Waals surface area (Å²) in [7, 11) is 1.71. The molecule has 0 bridgehead atoms. The molecule has 0 heterocycles. The van der Waals surface area contributed by atoms with E-state index in [4.69, 9.17) is 4.74 Å². The van der Waals surface area contributed by atoms with Crippen molar-refractivity contribution >= 4 is 0 Å². The monoisotopic (exact) mass is 263 g/mol.